The summed E-state index contributed by atoms with van der Waals surface area (Å²) in [7, 11) is 0. The number of rotatable bonds is 11. The molecule has 0 spiro atoms. The van der Waals surface area contributed by atoms with Gasteiger partial charge in [0.15, 0.2) is 5.82 Å². The molecular formula is C48H53N13O6. The molecule has 0 radical (unpaired) electrons. The topological polar surface area (TPSA) is 215 Å². The molecule has 346 valence electrons. The van der Waals surface area contributed by atoms with Gasteiger partial charge >= 0.3 is 11.8 Å². The van der Waals surface area contributed by atoms with Crippen LogP contribution in [0.2, 0.25) is 0 Å². The zero-order valence-electron chi connectivity index (χ0n) is 38.2. The summed E-state index contributed by atoms with van der Waals surface area (Å²) in [5.74, 6) is -0.672. The van der Waals surface area contributed by atoms with Gasteiger partial charge in [0, 0.05) is 93.6 Å². The fourth-order valence-corrected chi connectivity index (χ4v) is 9.55. The second-order valence-corrected chi connectivity index (χ2v) is 19.1. The molecule has 4 saturated heterocycles. The molecule has 4 fully saturated rings. The molecule has 5 aromatic rings. The number of piperidine rings is 1. The van der Waals surface area contributed by atoms with Gasteiger partial charge in [-0.15, -0.1) is 0 Å². The molecule has 0 saturated carbocycles. The summed E-state index contributed by atoms with van der Waals surface area (Å²) in [5.41, 5.74) is 5.85. The van der Waals surface area contributed by atoms with E-state index in [1.54, 1.807) is 12.1 Å². The molecule has 5 amide bonds. The molecule has 2 aromatic carbocycles. The molecule has 3 N–H and O–H groups in total. The van der Waals surface area contributed by atoms with E-state index < -0.39 is 35.6 Å². The molecule has 5 aliphatic heterocycles. The average molecular weight is 908 g/mol. The highest BCUT2D eigenvalue weighted by Crippen LogP contribution is 2.34. The molecule has 10 rings (SSSR count). The first kappa shape index (κ1) is 43.8. The number of hydrogen-bond donors (Lipinski definition) is 3. The molecule has 67 heavy (non-hydrogen) atoms. The highest BCUT2D eigenvalue weighted by Gasteiger charge is 2.46. The van der Waals surface area contributed by atoms with Gasteiger partial charge in [0.1, 0.15) is 24.0 Å². The van der Waals surface area contributed by atoms with Crippen LogP contribution in [0.5, 0.6) is 0 Å². The molecule has 5 aliphatic rings. The molecule has 0 aliphatic carbocycles. The second kappa shape index (κ2) is 17.3. The maximum Gasteiger partial charge on any atom is 0.315 e. The molecule has 2 unspecified atom stereocenters. The van der Waals surface area contributed by atoms with E-state index in [4.69, 9.17) is 9.51 Å². The molecule has 8 heterocycles. The van der Waals surface area contributed by atoms with Gasteiger partial charge in [0.2, 0.25) is 11.8 Å². The van der Waals surface area contributed by atoms with E-state index in [0.29, 0.717) is 40.7 Å². The first-order valence-corrected chi connectivity index (χ1v) is 22.8. The largest absolute Gasteiger partial charge is 0.368 e. The Kier molecular flexibility index (Phi) is 11.3. The van der Waals surface area contributed by atoms with Gasteiger partial charge in [0.25, 0.3) is 11.8 Å². The maximum atomic E-state index is 13.3. The Bertz CT molecular complexity index is 2770. The Labute approximate surface area is 387 Å². The third-order valence-electron chi connectivity index (χ3n) is 13.6. The van der Waals surface area contributed by atoms with Crippen LogP contribution in [0.4, 0.5) is 23.0 Å². The van der Waals surface area contributed by atoms with Gasteiger partial charge in [-0.1, -0.05) is 38.1 Å². The number of hydrogen-bond acceptors (Lipinski definition) is 16. The number of aromatic nitrogens is 5. The summed E-state index contributed by atoms with van der Waals surface area (Å²) in [6, 6.07) is 17.0. The van der Waals surface area contributed by atoms with E-state index in [0.717, 1.165) is 91.0 Å². The van der Waals surface area contributed by atoms with Crippen LogP contribution in [-0.2, 0) is 15.0 Å². The Morgan fingerprint density at radius 1 is 0.806 bits per heavy atom. The van der Waals surface area contributed by atoms with Gasteiger partial charge in [-0.2, -0.15) is 4.98 Å². The number of anilines is 4. The van der Waals surface area contributed by atoms with Crippen LogP contribution in [0, 0.1) is 6.92 Å². The zero-order chi connectivity index (χ0) is 46.7. The molecule has 19 heteroatoms. The van der Waals surface area contributed by atoms with Crippen molar-refractivity contribution in [2.45, 2.75) is 77.0 Å². The summed E-state index contributed by atoms with van der Waals surface area (Å²) in [4.78, 5) is 92.1. The Morgan fingerprint density at radius 3 is 2.25 bits per heavy atom. The Hall–Kier alpha value is -7.12. The van der Waals surface area contributed by atoms with E-state index in [-0.39, 0.29) is 30.2 Å². The zero-order valence-corrected chi connectivity index (χ0v) is 38.2. The Balaban J connectivity index is 0.667. The number of nitrogens with one attached hydrogen (secondary N) is 3. The van der Waals surface area contributed by atoms with Crippen molar-refractivity contribution in [3.63, 3.8) is 0 Å². The maximum absolute atomic E-state index is 13.3. The summed E-state index contributed by atoms with van der Waals surface area (Å²) in [6.45, 7) is 17.3. The summed E-state index contributed by atoms with van der Waals surface area (Å²) in [6.07, 6.45) is 3.66. The smallest absolute Gasteiger partial charge is 0.315 e. The number of imide groups is 2. The van der Waals surface area contributed by atoms with Crippen LogP contribution in [0.3, 0.4) is 0 Å². The van der Waals surface area contributed by atoms with Crippen molar-refractivity contribution in [3.05, 3.63) is 101 Å². The van der Waals surface area contributed by atoms with E-state index in [1.165, 1.54) is 6.33 Å². The fraction of sp³-hybridized carbons (Fsp3) is 0.417. The summed E-state index contributed by atoms with van der Waals surface area (Å²) >= 11 is 0. The van der Waals surface area contributed by atoms with E-state index in [1.807, 2.05) is 77.2 Å². The van der Waals surface area contributed by atoms with Gasteiger partial charge < -0.3 is 25.0 Å². The summed E-state index contributed by atoms with van der Waals surface area (Å²) < 4.78 is 5.22. The average Bonchev–Trinajstić information content (AvgIpc) is 3.88. The van der Waals surface area contributed by atoms with Gasteiger partial charge in [-0.05, 0) is 67.8 Å². The highest BCUT2D eigenvalue weighted by molar-refractivity contribution is 6.23. The van der Waals surface area contributed by atoms with Crippen molar-refractivity contribution in [1.29, 1.82) is 0 Å². The van der Waals surface area contributed by atoms with Gasteiger partial charge in [-0.3, -0.25) is 44.0 Å². The van der Waals surface area contributed by atoms with Crippen LogP contribution in [0.1, 0.15) is 94.9 Å². The number of carbonyl (C=O) groups excluding carboxylic acids is 5. The lowest BCUT2D eigenvalue weighted by Crippen LogP contribution is -2.71. The number of amides is 5. The SMILES string of the molecule is Cc1cc(-c2cc(Nc3ccc(N4CCN(C5CN(C6CN(c7ccc8c(c7)C(=O)N(C7CCC(=O)NC7=O)C8=O)C6)C5)CC4)cn3)ncn2)ccc1C(C)NC(=O)c1nc(C(C)(C)C)no1. The second-order valence-electron chi connectivity index (χ2n) is 19.1. The van der Waals surface area contributed by atoms with Crippen molar-refractivity contribution in [2.75, 3.05) is 67.5 Å². The molecule has 0 bridgehead atoms. The van der Waals surface area contributed by atoms with Gasteiger partial charge in [0.05, 0.1) is 34.7 Å². The normalized spacial score (nSPS) is 20.1. The quantitative estimate of drug-likeness (QED) is 0.161. The van der Waals surface area contributed by atoms with Crippen LogP contribution in [-0.4, -0.2) is 140 Å². The number of nitrogens with zero attached hydrogens (tertiary/aromatic N) is 10. The minimum absolute atomic E-state index is 0.0602. The van der Waals surface area contributed by atoms with Crippen LogP contribution >= 0.6 is 0 Å². The Morgan fingerprint density at radius 2 is 1.55 bits per heavy atom. The number of likely N-dealkylation sites (tertiary alicyclic amines) is 1. The van der Waals surface area contributed by atoms with Crippen molar-refractivity contribution < 1.29 is 28.5 Å². The van der Waals surface area contributed by atoms with E-state index in [9.17, 15) is 24.0 Å². The monoisotopic (exact) mass is 907 g/mol. The predicted molar refractivity (Wildman–Crippen MR) is 247 cm³/mol. The van der Waals surface area contributed by atoms with Crippen LogP contribution < -0.4 is 25.8 Å². The van der Waals surface area contributed by atoms with Crippen molar-refractivity contribution in [2.24, 2.45) is 0 Å². The number of benzene rings is 2. The summed E-state index contributed by atoms with van der Waals surface area (Å²) in [5, 5.41) is 12.5. The molecular weight excluding hydrogens is 855 g/mol. The third kappa shape index (κ3) is 8.59. The fourth-order valence-electron chi connectivity index (χ4n) is 9.55. The highest BCUT2D eigenvalue weighted by atomic mass is 16.5. The number of pyridine rings is 1. The van der Waals surface area contributed by atoms with Crippen molar-refractivity contribution >= 4 is 52.5 Å². The lowest BCUT2D eigenvalue weighted by Gasteiger charge is -2.55. The molecule has 2 atom stereocenters. The number of fused-ring (bicyclic) bond motifs is 1. The number of aryl methyl sites for hydroxylation is 1. The standard InChI is InChI=1S/C48H53N13O6/c1-27-18-29(6-9-34(27)28(2)52-43(64)44-55-47(56-67-44)48(3,4)5)37-20-40(51-26-50-37)53-39-12-8-31(21-49-39)57-14-16-58(17-15-57)32-22-60(23-32)33-24-59(25-33)30-7-10-35-36(19-30)46(66)61(45(35)65)38-11-13-41(62)54-42(38)63/h6-10,12,18-21,26,28,32-33,38H,11,13-17,22-25H2,1-5H3,(H,52,64)(H,54,62,63)(H,49,50,51,53). The lowest BCUT2D eigenvalue weighted by molar-refractivity contribution is -0.136. The van der Waals surface area contributed by atoms with Crippen molar-refractivity contribution in [3.8, 4) is 11.3 Å². The van der Waals surface area contributed by atoms with Gasteiger partial charge in [-0.25, -0.2) is 15.0 Å². The van der Waals surface area contributed by atoms with Crippen LogP contribution in [0.25, 0.3) is 11.3 Å². The van der Waals surface area contributed by atoms with E-state index in [2.05, 4.69) is 61.7 Å². The number of piperazine rings is 1. The number of carbonyl (C=O) groups is 5. The third-order valence-corrected chi connectivity index (χ3v) is 13.6. The van der Waals surface area contributed by atoms with E-state index >= 15 is 0 Å². The minimum atomic E-state index is -0.972. The molecule has 3 aromatic heterocycles. The predicted octanol–water partition coefficient (Wildman–Crippen LogP) is 3.86. The lowest BCUT2D eigenvalue weighted by atomic mass is 9.96. The minimum Gasteiger partial charge on any atom is -0.368 e. The molecule has 19 nitrogen and oxygen atoms in total. The van der Waals surface area contributed by atoms with Crippen LogP contribution in [0.15, 0.2) is 71.6 Å². The first-order chi connectivity index (χ1) is 32.2. The first-order valence-electron chi connectivity index (χ1n) is 22.8. The van der Waals surface area contributed by atoms with Crippen molar-refractivity contribution in [1.82, 2.24) is 50.4 Å².